The molecule has 0 saturated heterocycles. The third-order valence-corrected chi connectivity index (χ3v) is 2.15. The second-order valence-electron chi connectivity index (χ2n) is 3.49. The maximum Gasteiger partial charge on any atom is 0.454 e. The zero-order valence-electron chi connectivity index (χ0n) is 10.1. The van der Waals surface area contributed by atoms with Crippen molar-refractivity contribution in [2.24, 2.45) is 5.10 Å². The number of anilines is 1. The first-order valence-corrected chi connectivity index (χ1v) is 5.13. The monoisotopic (exact) mass is 291 g/mol. The molecule has 0 heterocycles. The molecule has 0 atom stereocenters. The summed E-state index contributed by atoms with van der Waals surface area (Å²) in [5, 5.41) is 28.8. The topological polar surface area (TPSA) is 113 Å². The van der Waals surface area contributed by atoms with E-state index in [2.05, 4.69) is 5.10 Å². The molecular formula is C12H4F3N5O. The normalized spacial score (nSPS) is 9.71. The molecule has 0 radical (unpaired) electrons. The Hall–Kier alpha value is -3.38. The molecule has 9 heteroatoms. The Kier molecular flexibility index (Phi) is 4.61. The van der Waals surface area contributed by atoms with Gasteiger partial charge in [0.1, 0.15) is 12.1 Å². The second-order valence-corrected chi connectivity index (χ2v) is 3.49. The maximum absolute atomic E-state index is 12.5. The highest BCUT2D eigenvalue weighted by atomic mass is 19.4. The smallest absolute Gasteiger partial charge is 0.284 e. The van der Waals surface area contributed by atoms with E-state index >= 15 is 0 Å². The number of nitrogens with one attached hydrogen (secondary N) is 1. The summed E-state index contributed by atoms with van der Waals surface area (Å²) < 4.78 is 37.4. The van der Waals surface area contributed by atoms with E-state index < -0.39 is 23.2 Å². The van der Waals surface area contributed by atoms with Crippen molar-refractivity contribution in [1.29, 1.82) is 15.8 Å². The van der Waals surface area contributed by atoms with Crippen LogP contribution in [0.3, 0.4) is 0 Å². The number of hydrogen-bond donors (Lipinski definition) is 1. The lowest BCUT2D eigenvalue weighted by molar-refractivity contribution is -0.0884. The number of carbonyl (C=O) groups is 1. The summed E-state index contributed by atoms with van der Waals surface area (Å²) in [4.78, 5) is 11.3. The molecule has 0 aromatic heterocycles. The van der Waals surface area contributed by atoms with Gasteiger partial charge in [-0.05, 0) is 18.2 Å². The van der Waals surface area contributed by atoms with Crippen LogP contribution in [0.2, 0.25) is 0 Å². The average Bonchev–Trinajstić information content (AvgIpc) is 2.46. The van der Waals surface area contributed by atoms with Crippen LogP contribution in [0.15, 0.2) is 23.3 Å². The lowest BCUT2D eigenvalue weighted by Crippen LogP contribution is -2.23. The van der Waals surface area contributed by atoms with Crippen LogP contribution in [0.25, 0.3) is 0 Å². The summed E-state index contributed by atoms with van der Waals surface area (Å²) in [5.74, 6) is -2.17. The predicted octanol–water partition coefficient (Wildman–Crippen LogP) is 2.12. The summed E-state index contributed by atoms with van der Waals surface area (Å²) in [5.41, 5.74) is 0.0346. The van der Waals surface area contributed by atoms with E-state index in [4.69, 9.17) is 15.8 Å². The Morgan fingerprint density at radius 2 is 1.81 bits per heavy atom. The summed E-state index contributed by atoms with van der Waals surface area (Å²) in [6, 6.07) is 7.30. The molecule has 1 rings (SSSR count). The first kappa shape index (κ1) is 15.7. The quantitative estimate of drug-likeness (QED) is 0.520. The van der Waals surface area contributed by atoms with Gasteiger partial charge in [0.15, 0.2) is 0 Å². The Balaban J connectivity index is 3.32. The van der Waals surface area contributed by atoms with E-state index in [1.807, 2.05) is 5.43 Å². The van der Waals surface area contributed by atoms with E-state index in [1.165, 1.54) is 12.1 Å². The number of Topliss-reactive ketones (excluding diaryl/α,β-unsaturated/α-hetero) is 1. The molecule has 0 saturated carbocycles. The van der Waals surface area contributed by atoms with E-state index in [0.29, 0.717) is 0 Å². The zero-order valence-corrected chi connectivity index (χ0v) is 10.1. The van der Waals surface area contributed by atoms with Crippen LogP contribution in [-0.4, -0.2) is 17.7 Å². The molecule has 1 N–H and O–H groups in total. The van der Waals surface area contributed by atoms with Gasteiger partial charge in [-0.2, -0.15) is 34.1 Å². The van der Waals surface area contributed by atoms with Gasteiger partial charge in [0, 0.05) is 0 Å². The Bertz CT molecular complexity index is 715. The predicted molar refractivity (Wildman–Crippen MR) is 63.8 cm³/mol. The molecule has 1 aromatic carbocycles. The van der Waals surface area contributed by atoms with E-state index in [-0.39, 0.29) is 11.3 Å². The van der Waals surface area contributed by atoms with Crippen LogP contribution in [0.1, 0.15) is 15.9 Å². The zero-order chi connectivity index (χ0) is 16.0. The van der Waals surface area contributed by atoms with Crippen molar-refractivity contribution in [1.82, 2.24) is 0 Å². The van der Waals surface area contributed by atoms with Crippen molar-refractivity contribution >= 4 is 17.2 Å². The molecule has 21 heavy (non-hydrogen) atoms. The first-order valence-electron chi connectivity index (χ1n) is 5.13. The molecular weight excluding hydrogens is 287 g/mol. The van der Waals surface area contributed by atoms with E-state index in [0.717, 1.165) is 18.2 Å². The van der Waals surface area contributed by atoms with Crippen LogP contribution in [0.4, 0.5) is 18.9 Å². The number of ketones is 1. The number of hydrogen-bond acceptors (Lipinski definition) is 6. The van der Waals surface area contributed by atoms with Crippen molar-refractivity contribution in [3.8, 4) is 18.2 Å². The first-order chi connectivity index (χ1) is 9.83. The lowest BCUT2D eigenvalue weighted by Gasteiger charge is -2.10. The fourth-order valence-electron chi connectivity index (χ4n) is 1.24. The molecule has 1 aromatic rings. The van der Waals surface area contributed by atoms with Crippen molar-refractivity contribution in [3.05, 3.63) is 29.3 Å². The second kappa shape index (κ2) is 6.18. The fraction of sp³-hybridized carbons (Fsp3) is 0.0833. The number of rotatable bonds is 3. The number of nitrogens with zero attached hydrogens (tertiary/aromatic N) is 4. The Morgan fingerprint density at radius 1 is 1.19 bits per heavy atom. The number of nitriles is 3. The van der Waals surface area contributed by atoms with Crippen LogP contribution in [0.5, 0.6) is 0 Å². The molecule has 0 aliphatic heterocycles. The number of benzene rings is 1. The summed E-state index contributed by atoms with van der Waals surface area (Å²) >= 11 is 0. The van der Waals surface area contributed by atoms with Crippen LogP contribution >= 0.6 is 0 Å². The third kappa shape index (κ3) is 3.79. The van der Waals surface area contributed by atoms with Crippen molar-refractivity contribution < 1.29 is 18.0 Å². The standard InChI is InChI=1S/C12H4F3N5O/c13-12(14,15)11(21)9-3-7(4-16)1-2-10(9)20-19-8(5-17)6-18/h1-3,20H. The Morgan fingerprint density at radius 3 is 2.29 bits per heavy atom. The molecule has 0 aliphatic carbocycles. The molecule has 0 amide bonds. The van der Waals surface area contributed by atoms with Gasteiger partial charge in [0.2, 0.25) is 5.71 Å². The van der Waals surface area contributed by atoms with Crippen LogP contribution in [0, 0.1) is 34.0 Å². The highest BCUT2D eigenvalue weighted by Crippen LogP contribution is 2.27. The largest absolute Gasteiger partial charge is 0.454 e. The summed E-state index contributed by atoms with van der Waals surface area (Å²) in [6.45, 7) is 0. The van der Waals surface area contributed by atoms with Crippen LogP contribution in [-0.2, 0) is 0 Å². The SMILES string of the molecule is N#CC(C#N)=NNc1ccc(C#N)cc1C(=O)C(F)(F)F. The molecule has 104 valence electrons. The number of hydrazone groups is 1. The van der Waals surface area contributed by atoms with Gasteiger partial charge in [-0.15, -0.1) is 0 Å². The van der Waals surface area contributed by atoms with Gasteiger partial charge in [-0.3, -0.25) is 10.2 Å². The van der Waals surface area contributed by atoms with E-state index in [1.54, 1.807) is 6.07 Å². The fourth-order valence-corrected chi connectivity index (χ4v) is 1.24. The molecule has 6 nitrogen and oxygen atoms in total. The molecule has 0 aliphatic rings. The van der Waals surface area contributed by atoms with Gasteiger partial charge in [-0.1, -0.05) is 0 Å². The minimum atomic E-state index is -5.14. The number of carbonyl (C=O) groups excluding carboxylic acids is 1. The highest BCUT2D eigenvalue weighted by Gasteiger charge is 2.40. The van der Waals surface area contributed by atoms with Crippen LogP contribution < -0.4 is 5.43 Å². The van der Waals surface area contributed by atoms with Crippen molar-refractivity contribution in [2.75, 3.05) is 5.43 Å². The Labute approximate surface area is 116 Å². The minimum absolute atomic E-state index is 0.155. The third-order valence-electron chi connectivity index (χ3n) is 2.15. The minimum Gasteiger partial charge on any atom is -0.284 e. The number of halogens is 3. The molecule has 0 fully saturated rings. The molecule has 0 unspecified atom stereocenters. The van der Waals surface area contributed by atoms with Gasteiger partial charge in [0.05, 0.1) is 22.9 Å². The lowest BCUT2D eigenvalue weighted by atomic mass is 10.1. The van der Waals surface area contributed by atoms with E-state index in [9.17, 15) is 18.0 Å². The number of alkyl halides is 3. The maximum atomic E-state index is 12.5. The molecule has 0 spiro atoms. The van der Waals surface area contributed by atoms with Crippen molar-refractivity contribution in [2.45, 2.75) is 6.18 Å². The van der Waals surface area contributed by atoms with Gasteiger partial charge >= 0.3 is 6.18 Å². The average molecular weight is 291 g/mol. The van der Waals surface area contributed by atoms with Gasteiger partial charge < -0.3 is 0 Å². The summed E-state index contributed by atoms with van der Waals surface area (Å²) in [7, 11) is 0. The van der Waals surface area contributed by atoms with Gasteiger partial charge in [-0.25, -0.2) is 0 Å². The molecule has 0 bridgehead atoms. The highest BCUT2D eigenvalue weighted by molar-refractivity contribution is 6.11. The van der Waals surface area contributed by atoms with Gasteiger partial charge in [0.25, 0.3) is 5.78 Å². The van der Waals surface area contributed by atoms with Crippen molar-refractivity contribution in [3.63, 3.8) is 0 Å². The summed E-state index contributed by atoms with van der Waals surface area (Å²) in [6.07, 6.45) is -5.14.